The number of carbonyl (C=O) groups is 1. The van der Waals surface area contributed by atoms with Gasteiger partial charge in [0.2, 0.25) is 0 Å². The Morgan fingerprint density at radius 1 is 1.47 bits per heavy atom. The highest BCUT2D eigenvalue weighted by Crippen LogP contribution is 2.12. The molecular weight excluding hydrogens is 218 g/mol. The maximum absolute atomic E-state index is 10.6. The van der Waals surface area contributed by atoms with E-state index in [1.54, 1.807) is 6.26 Å². The zero-order chi connectivity index (χ0) is 12.8. The zero-order valence-electron chi connectivity index (χ0n) is 10.7. The minimum absolute atomic E-state index is 0.181. The maximum Gasteiger partial charge on any atom is 0.304 e. The van der Waals surface area contributed by atoms with Gasteiger partial charge in [-0.05, 0) is 32.9 Å². The SMILES string of the molecule is CC(C)N(CCC(=O)O)C(C)Cc1ccco1. The van der Waals surface area contributed by atoms with Crippen LogP contribution in [0.25, 0.3) is 0 Å². The Hall–Kier alpha value is -1.29. The standard InChI is InChI=1S/C13H21NO3/c1-10(2)14(7-6-13(15)16)11(3)9-12-5-4-8-17-12/h4-5,8,10-11H,6-7,9H2,1-3H3,(H,15,16). The van der Waals surface area contributed by atoms with Crippen LogP contribution in [-0.4, -0.2) is 34.6 Å². The Kier molecular flexibility index (Phi) is 5.22. The molecular formula is C13H21NO3. The van der Waals surface area contributed by atoms with Crippen LogP contribution in [0.2, 0.25) is 0 Å². The van der Waals surface area contributed by atoms with Crippen molar-refractivity contribution in [1.82, 2.24) is 4.90 Å². The van der Waals surface area contributed by atoms with Crippen LogP contribution < -0.4 is 0 Å². The lowest BCUT2D eigenvalue weighted by Gasteiger charge is -2.31. The number of furan rings is 1. The lowest BCUT2D eigenvalue weighted by molar-refractivity contribution is -0.137. The molecule has 0 aromatic carbocycles. The summed E-state index contributed by atoms with van der Waals surface area (Å²) >= 11 is 0. The van der Waals surface area contributed by atoms with Crippen molar-refractivity contribution < 1.29 is 14.3 Å². The van der Waals surface area contributed by atoms with E-state index in [-0.39, 0.29) is 12.5 Å². The first-order valence-corrected chi connectivity index (χ1v) is 6.00. The molecule has 0 fully saturated rings. The molecule has 17 heavy (non-hydrogen) atoms. The summed E-state index contributed by atoms with van der Waals surface area (Å²) in [6.07, 6.45) is 2.66. The van der Waals surface area contributed by atoms with Gasteiger partial charge < -0.3 is 9.52 Å². The Bertz CT molecular complexity index is 332. The van der Waals surface area contributed by atoms with Gasteiger partial charge in [0.1, 0.15) is 5.76 Å². The van der Waals surface area contributed by atoms with Crippen LogP contribution >= 0.6 is 0 Å². The zero-order valence-corrected chi connectivity index (χ0v) is 10.7. The van der Waals surface area contributed by atoms with E-state index in [9.17, 15) is 4.79 Å². The molecule has 4 heteroatoms. The second-order valence-electron chi connectivity index (χ2n) is 4.61. The molecule has 0 bridgehead atoms. The molecule has 1 unspecified atom stereocenters. The van der Waals surface area contributed by atoms with E-state index in [1.807, 2.05) is 12.1 Å². The molecule has 0 aliphatic carbocycles. The molecule has 0 aliphatic rings. The van der Waals surface area contributed by atoms with Gasteiger partial charge >= 0.3 is 5.97 Å². The van der Waals surface area contributed by atoms with Gasteiger partial charge in [-0.3, -0.25) is 9.69 Å². The topological polar surface area (TPSA) is 53.7 Å². The summed E-state index contributed by atoms with van der Waals surface area (Å²) in [6, 6.07) is 4.44. The normalized spacial score (nSPS) is 13.2. The number of aliphatic carboxylic acids is 1. The fourth-order valence-corrected chi connectivity index (χ4v) is 2.05. The maximum atomic E-state index is 10.6. The van der Waals surface area contributed by atoms with Crippen molar-refractivity contribution in [2.45, 2.75) is 45.7 Å². The minimum atomic E-state index is -0.749. The predicted octanol–water partition coefficient (Wildman–Crippen LogP) is 2.40. The average Bonchev–Trinajstić information content (AvgIpc) is 2.69. The van der Waals surface area contributed by atoms with E-state index in [1.165, 1.54) is 0 Å². The quantitative estimate of drug-likeness (QED) is 0.793. The average molecular weight is 239 g/mol. The number of nitrogens with zero attached hydrogens (tertiary/aromatic N) is 1. The Morgan fingerprint density at radius 2 is 2.18 bits per heavy atom. The van der Waals surface area contributed by atoms with Gasteiger partial charge in [0.25, 0.3) is 0 Å². The molecule has 1 aromatic rings. The summed E-state index contributed by atoms with van der Waals surface area (Å²) in [6.45, 7) is 6.85. The second kappa shape index (κ2) is 6.45. The van der Waals surface area contributed by atoms with Gasteiger partial charge in [0.15, 0.2) is 0 Å². The highest BCUT2D eigenvalue weighted by Gasteiger charge is 2.19. The number of hydrogen-bond donors (Lipinski definition) is 1. The molecule has 1 aromatic heterocycles. The van der Waals surface area contributed by atoms with Crippen LogP contribution in [0.4, 0.5) is 0 Å². The number of hydrogen-bond acceptors (Lipinski definition) is 3. The third-order valence-electron chi connectivity index (χ3n) is 2.89. The Balaban J connectivity index is 2.54. The van der Waals surface area contributed by atoms with Crippen LogP contribution in [0, 0.1) is 0 Å². The lowest BCUT2D eigenvalue weighted by atomic mass is 10.1. The highest BCUT2D eigenvalue weighted by molar-refractivity contribution is 5.66. The number of carboxylic acids is 1. The molecule has 0 saturated carbocycles. The van der Waals surface area contributed by atoms with Gasteiger partial charge in [-0.25, -0.2) is 0 Å². The van der Waals surface area contributed by atoms with E-state index in [4.69, 9.17) is 9.52 Å². The van der Waals surface area contributed by atoms with Crippen LogP contribution in [0.5, 0.6) is 0 Å². The number of carboxylic acid groups (broad SMARTS) is 1. The largest absolute Gasteiger partial charge is 0.481 e. The van der Waals surface area contributed by atoms with Crippen molar-refractivity contribution >= 4 is 5.97 Å². The van der Waals surface area contributed by atoms with Gasteiger partial charge in [0.05, 0.1) is 12.7 Å². The molecule has 4 nitrogen and oxygen atoms in total. The summed E-state index contributed by atoms with van der Waals surface area (Å²) in [5.74, 6) is 0.194. The van der Waals surface area contributed by atoms with E-state index in [2.05, 4.69) is 25.7 Å². The summed E-state index contributed by atoms with van der Waals surface area (Å²) in [7, 11) is 0. The molecule has 1 rings (SSSR count). The smallest absolute Gasteiger partial charge is 0.304 e. The van der Waals surface area contributed by atoms with Crippen molar-refractivity contribution in [2.75, 3.05) is 6.54 Å². The van der Waals surface area contributed by atoms with E-state index in [0.717, 1.165) is 12.2 Å². The van der Waals surface area contributed by atoms with Gasteiger partial charge in [-0.15, -0.1) is 0 Å². The lowest BCUT2D eigenvalue weighted by Crippen LogP contribution is -2.41. The van der Waals surface area contributed by atoms with Crippen LogP contribution in [0.3, 0.4) is 0 Å². The van der Waals surface area contributed by atoms with Gasteiger partial charge in [-0.1, -0.05) is 0 Å². The molecule has 1 N–H and O–H groups in total. The summed E-state index contributed by atoms with van der Waals surface area (Å²) < 4.78 is 5.32. The summed E-state index contributed by atoms with van der Waals surface area (Å²) in [4.78, 5) is 12.8. The molecule has 0 aliphatic heterocycles. The van der Waals surface area contributed by atoms with E-state index < -0.39 is 5.97 Å². The highest BCUT2D eigenvalue weighted by atomic mass is 16.4. The summed E-state index contributed by atoms with van der Waals surface area (Å²) in [5.41, 5.74) is 0. The summed E-state index contributed by atoms with van der Waals surface area (Å²) in [5, 5.41) is 8.74. The van der Waals surface area contributed by atoms with Crippen molar-refractivity contribution in [3.63, 3.8) is 0 Å². The van der Waals surface area contributed by atoms with E-state index in [0.29, 0.717) is 12.6 Å². The molecule has 0 saturated heterocycles. The molecule has 0 radical (unpaired) electrons. The molecule has 1 heterocycles. The molecule has 0 spiro atoms. The molecule has 96 valence electrons. The minimum Gasteiger partial charge on any atom is -0.481 e. The Labute approximate surface area is 102 Å². The second-order valence-corrected chi connectivity index (χ2v) is 4.61. The van der Waals surface area contributed by atoms with E-state index >= 15 is 0 Å². The van der Waals surface area contributed by atoms with Crippen molar-refractivity contribution in [1.29, 1.82) is 0 Å². The Morgan fingerprint density at radius 3 is 2.65 bits per heavy atom. The monoisotopic (exact) mass is 239 g/mol. The van der Waals surface area contributed by atoms with Gasteiger partial charge in [0, 0.05) is 25.0 Å². The third-order valence-corrected chi connectivity index (χ3v) is 2.89. The first kappa shape index (κ1) is 13.8. The fourth-order valence-electron chi connectivity index (χ4n) is 2.05. The first-order valence-electron chi connectivity index (χ1n) is 6.00. The van der Waals surface area contributed by atoms with Crippen molar-refractivity contribution in [2.24, 2.45) is 0 Å². The van der Waals surface area contributed by atoms with Crippen molar-refractivity contribution in [3.05, 3.63) is 24.2 Å². The van der Waals surface area contributed by atoms with Crippen LogP contribution in [0.15, 0.2) is 22.8 Å². The van der Waals surface area contributed by atoms with Crippen LogP contribution in [-0.2, 0) is 11.2 Å². The van der Waals surface area contributed by atoms with Gasteiger partial charge in [-0.2, -0.15) is 0 Å². The van der Waals surface area contributed by atoms with Crippen molar-refractivity contribution in [3.8, 4) is 0 Å². The predicted molar refractivity (Wildman–Crippen MR) is 66.0 cm³/mol. The molecule has 1 atom stereocenters. The van der Waals surface area contributed by atoms with Crippen LogP contribution in [0.1, 0.15) is 33.0 Å². The molecule has 0 amide bonds. The fraction of sp³-hybridized carbons (Fsp3) is 0.615. The first-order chi connectivity index (χ1) is 8.00. The third kappa shape index (κ3) is 4.61. The number of rotatable bonds is 7.